The van der Waals surface area contributed by atoms with Crippen molar-refractivity contribution in [2.75, 3.05) is 13.1 Å². The lowest BCUT2D eigenvalue weighted by Crippen LogP contribution is -2.41. The lowest BCUT2D eigenvalue weighted by Gasteiger charge is -2.18. The summed E-state index contributed by atoms with van der Waals surface area (Å²) in [6.07, 6.45) is -1.40. The van der Waals surface area contributed by atoms with Gasteiger partial charge in [0.1, 0.15) is 6.61 Å². The molecule has 2 amide bonds. The second-order valence-electron chi connectivity index (χ2n) is 4.64. The molecule has 1 aromatic carbocycles. The van der Waals surface area contributed by atoms with Gasteiger partial charge in [-0.2, -0.15) is 0 Å². The third kappa shape index (κ3) is 4.96. The smallest absolute Gasteiger partial charge is 0.413 e. The first-order valence-electron chi connectivity index (χ1n) is 6.76. The lowest BCUT2D eigenvalue weighted by molar-refractivity contribution is -0.0803. The van der Waals surface area contributed by atoms with Crippen LogP contribution in [0, 0.1) is 0 Å². The van der Waals surface area contributed by atoms with Crippen molar-refractivity contribution in [2.45, 2.75) is 25.9 Å². The molecule has 1 aliphatic heterocycles. The maximum Gasteiger partial charge on any atom is 0.413 e. The Kier molecular flexibility index (Phi) is 5.39. The molecule has 1 heterocycles. The Morgan fingerprint density at radius 3 is 2.57 bits per heavy atom. The Bertz CT molecular complexity index is 474. The topological polar surface area (TPSA) is 88.1 Å². The number of likely N-dealkylation sites (tertiary alicyclic amines) is 1. The molecule has 114 valence electrons. The molecule has 0 spiro atoms. The summed E-state index contributed by atoms with van der Waals surface area (Å²) in [5.41, 5.74) is 0.816. The third-order valence-electron chi connectivity index (χ3n) is 3.03. The molecule has 0 aliphatic carbocycles. The summed E-state index contributed by atoms with van der Waals surface area (Å²) in [6, 6.07) is 9.10. The highest BCUT2D eigenvalue weighted by Crippen LogP contribution is 2.09. The van der Waals surface area contributed by atoms with Crippen LogP contribution in [0.2, 0.25) is 0 Å². The van der Waals surface area contributed by atoms with Crippen LogP contribution in [0.5, 0.6) is 0 Å². The first-order chi connectivity index (χ1) is 10.1. The maximum absolute atomic E-state index is 11.6. The first-order valence-corrected chi connectivity index (χ1v) is 6.76. The molecule has 2 N–H and O–H groups in total. The molecule has 21 heavy (non-hydrogen) atoms. The largest absolute Gasteiger partial charge is 0.445 e. The van der Waals surface area contributed by atoms with Crippen LogP contribution in [0.1, 0.15) is 18.4 Å². The first kappa shape index (κ1) is 15.1. The number of aliphatic hydroxyl groups excluding tert-OH is 1. The van der Waals surface area contributed by atoms with Crippen molar-refractivity contribution in [3.63, 3.8) is 0 Å². The molecule has 1 unspecified atom stereocenters. The Hall–Kier alpha value is -2.28. The van der Waals surface area contributed by atoms with Crippen LogP contribution in [0.15, 0.2) is 30.3 Å². The van der Waals surface area contributed by atoms with Crippen molar-refractivity contribution in [1.29, 1.82) is 0 Å². The molecule has 1 atom stereocenters. The minimum absolute atomic E-state index is 0.0689. The highest BCUT2D eigenvalue weighted by Gasteiger charge is 2.22. The van der Waals surface area contributed by atoms with E-state index in [-0.39, 0.29) is 6.61 Å². The molecular weight excluding hydrogens is 276 g/mol. The number of ether oxygens (including phenoxy) is 2. The predicted molar refractivity (Wildman–Crippen MR) is 73.1 cm³/mol. The van der Waals surface area contributed by atoms with Gasteiger partial charge in [-0.1, -0.05) is 30.3 Å². The zero-order valence-electron chi connectivity index (χ0n) is 11.5. The Morgan fingerprint density at radius 1 is 1.24 bits per heavy atom. The number of aliphatic hydroxyl groups is 1. The fourth-order valence-corrected chi connectivity index (χ4v) is 1.96. The van der Waals surface area contributed by atoms with E-state index in [0.717, 1.165) is 18.4 Å². The van der Waals surface area contributed by atoms with Crippen molar-refractivity contribution in [2.24, 2.45) is 0 Å². The van der Waals surface area contributed by atoms with Crippen molar-refractivity contribution in [3.8, 4) is 0 Å². The maximum atomic E-state index is 11.6. The van der Waals surface area contributed by atoms with Gasteiger partial charge < -0.3 is 19.5 Å². The monoisotopic (exact) mass is 294 g/mol. The van der Waals surface area contributed by atoms with E-state index in [4.69, 9.17) is 4.74 Å². The molecule has 1 aliphatic rings. The fraction of sp³-hybridized carbons (Fsp3) is 0.429. The molecule has 7 nitrogen and oxygen atoms in total. The van der Waals surface area contributed by atoms with Gasteiger partial charge in [0.25, 0.3) is 6.41 Å². The minimum atomic E-state index is -1.72. The van der Waals surface area contributed by atoms with E-state index in [1.165, 1.54) is 4.90 Å². The van der Waals surface area contributed by atoms with Gasteiger partial charge in [0.05, 0.1) is 0 Å². The van der Waals surface area contributed by atoms with E-state index in [9.17, 15) is 14.7 Å². The molecule has 0 aromatic heterocycles. The van der Waals surface area contributed by atoms with Crippen LogP contribution >= 0.6 is 0 Å². The van der Waals surface area contributed by atoms with E-state index >= 15 is 0 Å². The SMILES string of the molecule is O=C(NC(O)OC(=O)N1CCCC1)OCc1ccccc1. The second-order valence-corrected chi connectivity index (χ2v) is 4.64. The molecule has 1 fully saturated rings. The van der Waals surface area contributed by atoms with E-state index < -0.39 is 18.6 Å². The molecular formula is C14H18N2O5. The van der Waals surface area contributed by atoms with E-state index in [2.05, 4.69) is 4.74 Å². The number of rotatable bonds is 4. The fourth-order valence-electron chi connectivity index (χ4n) is 1.96. The average Bonchev–Trinajstić information content (AvgIpc) is 3.00. The van der Waals surface area contributed by atoms with Crippen molar-refractivity contribution in [3.05, 3.63) is 35.9 Å². The quantitative estimate of drug-likeness (QED) is 0.820. The summed E-state index contributed by atoms with van der Waals surface area (Å²) in [6.45, 7) is 1.27. The Labute approximate surface area is 122 Å². The zero-order valence-corrected chi connectivity index (χ0v) is 11.5. The third-order valence-corrected chi connectivity index (χ3v) is 3.03. The number of hydrogen-bond acceptors (Lipinski definition) is 5. The van der Waals surface area contributed by atoms with Crippen LogP contribution in [-0.4, -0.2) is 41.7 Å². The van der Waals surface area contributed by atoms with Gasteiger partial charge in [-0.25, -0.2) is 9.59 Å². The molecule has 7 heteroatoms. The highest BCUT2D eigenvalue weighted by atomic mass is 16.7. The molecule has 0 radical (unpaired) electrons. The van der Waals surface area contributed by atoms with Gasteiger partial charge in [0.2, 0.25) is 0 Å². The molecule has 2 rings (SSSR count). The summed E-state index contributed by atoms with van der Waals surface area (Å²) in [5.74, 6) is 0. The zero-order chi connectivity index (χ0) is 15.1. The van der Waals surface area contributed by atoms with E-state index in [1.807, 2.05) is 23.5 Å². The van der Waals surface area contributed by atoms with E-state index in [1.54, 1.807) is 12.1 Å². The number of amides is 2. The van der Waals surface area contributed by atoms with Crippen molar-refractivity contribution < 1.29 is 24.2 Å². The van der Waals surface area contributed by atoms with Gasteiger partial charge in [0.15, 0.2) is 0 Å². The molecule has 0 saturated carbocycles. The summed E-state index contributed by atoms with van der Waals surface area (Å²) >= 11 is 0. The van der Waals surface area contributed by atoms with Gasteiger partial charge in [-0.05, 0) is 18.4 Å². The summed E-state index contributed by atoms with van der Waals surface area (Å²) in [4.78, 5) is 24.5. The standard InChI is InChI=1S/C14H18N2O5/c17-12(20-10-11-6-2-1-3-7-11)15-13(18)21-14(19)16-8-4-5-9-16/h1-3,6-7,13,18H,4-5,8-10H2,(H,15,17). The normalized spacial score (nSPS) is 15.4. The molecule has 1 aromatic rings. The van der Waals surface area contributed by atoms with Gasteiger partial charge in [0, 0.05) is 13.1 Å². The summed E-state index contributed by atoms with van der Waals surface area (Å²) in [5, 5.41) is 11.5. The molecule has 1 saturated heterocycles. The van der Waals surface area contributed by atoms with Gasteiger partial charge in [-0.3, -0.25) is 5.32 Å². The van der Waals surface area contributed by atoms with Crippen LogP contribution in [-0.2, 0) is 16.1 Å². The second kappa shape index (κ2) is 7.49. The number of carbonyl (C=O) groups is 2. The summed E-state index contributed by atoms with van der Waals surface area (Å²) < 4.78 is 9.58. The van der Waals surface area contributed by atoms with Crippen LogP contribution in [0.25, 0.3) is 0 Å². The molecule has 0 bridgehead atoms. The average molecular weight is 294 g/mol. The number of benzene rings is 1. The predicted octanol–water partition coefficient (Wildman–Crippen LogP) is 1.42. The Morgan fingerprint density at radius 2 is 1.90 bits per heavy atom. The minimum Gasteiger partial charge on any atom is -0.445 e. The van der Waals surface area contributed by atoms with E-state index in [0.29, 0.717) is 13.1 Å². The number of carbonyl (C=O) groups excluding carboxylic acids is 2. The van der Waals surface area contributed by atoms with Gasteiger partial charge >= 0.3 is 12.2 Å². The summed E-state index contributed by atoms with van der Waals surface area (Å²) in [7, 11) is 0. The van der Waals surface area contributed by atoms with Gasteiger partial charge in [-0.15, -0.1) is 0 Å². The van der Waals surface area contributed by atoms with Crippen molar-refractivity contribution in [1.82, 2.24) is 10.2 Å². The Balaban J connectivity index is 1.68. The van der Waals surface area contributed by atoms with Crippen molar-refractivity contribution >= 4 is 12.2 Å². The van der Waals surface area contributed by atoms with Crippen LogP contribution in [0.4, 0.5) is 9.59 Å². The number of hydrogen-bond donors (Lipinski definition) is 2. The highest BCUT2D eigenvalue weighted by molar-refractivity contribution is 5.70. The lowest BCUT2D eigenvalue weighted by atomic mass is 10.2. The number of nitrogens with one attached hydrogen (secondary N) is 1. The number of alkyl carbamates (subject to hydrolysis) is 1. The van der Waals surface area contributed by atoms with Crippen LogP contribution < -0.4 is 5.32 Å². The number of nitrogens with zero attached hydrogens (tertiary/aromatic N) is 1. The van der Waals surface area contributed by atoms with Crippen LogP contribution in [0.3, 0.4) is 0 Å².